The summed E-state index contributed by atoms with van der Waals surface area (Å²) in [6.45, 7) is 39.8. The third-order valence-corrected chi connectivity index (χ3v) is 30.0. The second-order valence-corrected chi connectivity index (χ2v) is 36.2. The minimum atomic E-state index is -2.39. The number of hydrogen-bond donors (Lipinski definition) is 0. The molecule has 71 heavy (non-hydrogen) atoms. The first-order valence-electron chi connectivity index (χ1n) is 26.9. The van der Waals surface area contributed by atoms with Crippen molar-refractivity contribution in [2.75, 3.05) is 6.61 Å². The van der Waals surface area contributed by atoms with E-state index in [1.807, 2.05) is 61.5 Å². The Morgan fingerprint density at radius 2 is 0.915 bits per heavy atom. The van der Waals surface area contributed by atoms with E-state index in [1.165, 1.54) is 0 Å². The largest absolute Gasteiger partial charge is 0.462 e. The number of carbonyl (C=O) groups excluding carboxylic acids is 3. The number of hydrogen-bond acceptors (Lipinski definition) is 9. The van der Waals surface area contributed by atoms with Gasteiger partial charge in [-0.2, -0.15) is 0 Å². The van der Waals surface area contributed by atoms with E-state index in [0.717, 1.165) is 41.8 Å². The van der Waals surface area contributed by atoms with E-state index in [4.69, 9.17) is 27.5 Å². The number of esters is 3. The summed E-state index contributed by atoms with van der Waals surface area (Å²) in [5.41, 5.74) is 2.37. The predicted molar refractivity (Wildman–Crippen MR) is 299 cm³/mol. The minimum Gasteiger partial charge on any atom is -0.462 e. The SMILES string of the molecule is CC[Si](CC)(CC)O[C@H]([C@@H](C)[C@H](O[Si](C)(C)C(C)(C)C)[C@@H](C)COC(=O)c1ccccc1)[C@@H](C)/C=C(\C)C(OC(=O)c1ccccc1)[C@H](C)[C@@H](O[Si](CC)(CC)CC)[C@@H](C)[C@@H](C)OC(=O)c1ccccc1. The van der Waals surface area contributed by atoms with Crippen LogP contribution in [-0.2, 0) is 27.5 Å². The monoisotopic (exact) mass is 1030 g/mol. The van der Waals surface area contributed by atoms with Crippen molar-refractivity contribution in [3.8, 4) is 0 Å². The summed E-state index contributed by atoms with van der Waals surface area (Å²) in [4.78, 5) is 41.2. The zero-order valence-electron chi connectivity index (χ0n) is 47.1. The van der Waals surface area contributed by atoms with Gasteiger partial charge in [-0.25, -0.2) is 14.4 Å². The maximum absolute atomic E-state index is 14.3. The van der Waals surface area contributed by atoms with Gasteiger partial charge < -0.3 is 27.5 Å². The first-order valence-corrected chi connectivity index (χ1v) is 34.8. The van der Waals surface area contributed by atoms with Gasteiger partial charge in [0.2, 0.25) is 0 Å². The van der Waals surface area contributed by atoms with Crippen molar-refractivity contribution >= 4 is 42.9 Å². The van der Waals surface area contributed by atoms with E-state index in [-0.39, 0.29) is 65.4 Å². The van der Waals surface area contributed by atoms with Crippen molar-refractivity contribution in [3.05, 3.63) is 119 Å². The second-order valence-electron chi connectivity index (χ2n) is 22.0. The van der Waals surface area contributed by atoms with Gasteiger partial charge >= 0.3 is 17.9 Å². The first kappa shape index (κ1) is 61.6. The summed E-state index contributed by atoms with van der Waals surface area (Å²) >= 11 is 0. The highest BCUT2D eigenvalue weighted by Crippen LogP contribution is 2.42. The molecular formula is C59H94O9Si3. The number of carbonyl (C=O) groups is 3. The van der Waals surface area contributed by atoms with Crippen LogP contribution in [0.3, 0.4) is 0 Å². The summed E-state index contributed by atoms with van der Waals surface area (Å²) in [6.07, 6.45) is 0.0150. The molecule has 3 aromatic carbocycles. The topological polar surface area (TPSA) is 107 Å². The summed E-state index contributed by atoms with van der Waals surface area (Å²) in [7, 11) is -6.93. The molecule has 12 heteroatoms. The van der Waals surface area contributed by atoms with Crippen LogP contribution in [0.1, 0.15) is 142 Å². The summed E-state index contributed by atoms with van der Waals surface area (Å²) < 4.78 is 41.6. The van der Waals surface area contributed by atoms with Crippen LogP contribution in [0.5, 0.6) is 0 Å². The molecule has 0 aromatic heterocycles. The Morgan fingerprint density at radius 1 is 0.521 bits per heavy atom. The molecule has 0 aliphatic rings. The van der Waals surface area contributed by atoms with Gasteiger partial charge in [0.1, 0.15) is 12.2 Å². The molecule has 0 bridgehead atoms. The lowest BCUT2D eigenvalue weighted by atomic mass is 9.81. The molecule has 0 aliphatic carbocycles. The highest BCUT2D eigenvalue weighted by atomic mass is 28.4. The van der Waals surface area contributed by atoms with Gasteiger partial charge in [-0.3, -0.25) is 0 Å². The number of rotatable bonds is 29. The predicted octanol–water partition coefficient (Wildman–Crippen LogP) is 15.6. The lowest BCUT2D eigenvalue weighted by molar-refractivity contribution is -0.0423. The van der Waals surface area contributed by atoms with E-state index in [9.17, 15) is 14.4 Å². The molecule has 0 aliphatic heterocycles. The lowest BCUT2D eigenvalue weighted by Gasteiger charge is -2.46. The molecule has 3 rings (SSSR count). The van der Waals surface area contributed by atoms with Crippen molar-refractivity contribution in [3.63, 3.8) is 0 Å². The lowest BCUT2D eigenvalue weighted by Crippen LogP contribution is -2.53. The first-order chi connectivity index (χ1) is 33.4. The Kier molecular flexibility index (Phi) is 24.4. The molecule has 0 spiro atoms. The molecule has 396 valence electrons. The smallest absolute Gasteiger partial charge is 0.338 e. The Morgan fingerprint density at radius 3 is 1.32 bits per heavy atom. The maximum Gasteiger partial charge on any atom is 0.338 e. The number of ether oxygens (including phenoxy) is 3. The van der Waals surface area contributed by atoms with Crippen LogP contribution in [0.4, 0.5) is 0 Å². The fourth-order valence-corrected chi connectivity index (χ4v) is 17.2. The molecular weight excluding hydrogens is 937 g/mol. The normalized spacial score (nSPS) is 17.1. The van der Waals surface area contributed by atoms with Crippen molar-refractivity contribution in [1.82, 2.24) is 0 Å². The molecule has 0 amide bonds. The highest BCUT2D eigenvalue weighted by molar-refractivity contribution is 6.74. The average molecular weight is 1030 g/mol. The van der Waals surface area contributed by atoms with Crippen molar-refractivity contribution in [1.29, 1.82) is 0 Å². The Labute approximate surface area is 433 Å². The second kappa shape index (κ2) is 28.1. The summed E-state index contributed by atoms with van der Waals surface area (Å²) in [5.74, 6) is -2.21. The van der Waals surface area contributed by atoms with Gasteiger partial charge in [0.15, 0.2) is 25.0 Å². The van der Waals surface area contributed by atoms with Crippen LogP contribution >= 0.6 is 0 Å². The van der Waals surface area contributed by atoms with Gasteiger partial charge in [-0.1, -0.05) is 158 Å². The standard InChI is InChI=1S/C59H94O9Si3/c1-19-70(20-2,21-3)67-53(47(12)54(66-69(17,18)59(14,15)16)44(9)41-63-56(60)49-34-28-25-29-35-49)43(8)40-42(7)52(65-58(62)51-38-32-27-33-39-51)46(11)55(68-71(22-4,23-5)24-6)45(10)48(13)64-57(61)50-36-30-26-31-37-50/h25-40,43-48,52-55H,19-24,41H2,1-18H3/b42-40+/t43-,44-,45-,46-,47+,48+,52?,53-,54+,55-/m0/s1. The fraction of sp³-hybridized carbons (Fsp3) is 0.610. The van der Waals surface area contributed by atoms with Crippen molar-refractivity contribution in [2.45, 2.75) is 196 Å². The molecule has 0 radical (unpaired) electrons. The van der Waals surface area contributed by atoms with Gasteiger partial charge in [-0.15, -0.1) is 0 Å². The fourth-order valence-electron chi connectivity index (χ4n) is 9.70. The zero-order valence-corrected chi connectivity index (χ0v) is 50.1. The Balaban J connectivity index is 2.25. The van der Waals surface area contributed by atoms with E-state index in [2.05, 4.69) is 123 Å². The molecule has 0 saturated carbocycles. The van der Waals surface area contributed by atoms with E-state index in [0.29, 0.717) is 16.7 Å². The Hall–Kier alpha value is -3.66. The highest BCUT2D eigenvalue weighted by Gasteiger charge is 2.47. The molecule has 0 heterocycles. The minimum absolute atomic E-state index is 0.0779. The molecule has 9 nitrogen and oxygen atoms in total. The quantitative estimate of drug-likeness (QED) is 0.0291. The molecule has 0 fully saturated rings. The third-order valence-electron chi connectivity index (χ3n) is 16.3. The van der Waals surface area contributed by atoms with E-state index in [1.54, 1.807) is 36.4 Å². The van der Waals surface area contributed by atoms with Crippen LogP contribution in [-0.4, -0.2) is 80.0 Å². The van der Waals surface area contributed by atoms with Gasteiger partial charge in [0.05, 0.1) is 41.6 Å². The molecule has 0 saturated heterocycles. The molecule has 1 unspecified atom stereocenters. The molecule has 3 aromatic rings. The van der Waals surface area contributed by atoms with Crippen LogP contribution in [0.2, 0.25) is 54.4 Å². The zero-order chi connectivity index (χ0) is 53.3. The summed E-state index contributed by atoms with van der Waals surface area (Å²) in [5, 5.41) is -0.0779. The Bertz CT molecular complexity index is 2070. The maximum atomic E-state index is 14.3. The van der Waals surface area contributed by atoms with Gasteiger partial charge in [0, 0.05) is 23.7 Å². The van der Waals surface area contributed by atoms with E-state index < -0.39 is 49.2 Å². The van der Waals surface area contributed by atoms with Crippen LogP contribution in [0.25, 0.3) is 0 Å². The van der Waals surface area contributed by atoms with Crippen LogP contribution in [0.15, 0.2) is 103 Å². The van der Waals surface area contributed by atoms with Crippen molar-refractivity contribution < 1.29 is 41.9 Å². The van der Waals surface area contributed by atoms with Gasteiger partial charge in [-0.05, 0) is 116 Å². The average Bonchev–Trinajstić information content (AvgIpc) is 3.37. The number of benzene rings is 3. The van der Waals surface area contributed by atoms with Crippen LogP contribution in [0, 0.1) is 29.6 Å². The molecule has 10 atom stereocenters. The van der Waals surface area contributed by atoms with E-state index >= 15 is 0 Å². The third kappa shape index (κ3) is 16.9. The van der Waals surface area contributed by atoms with Gasteiger partial charge in [0.25, 0.3) is 0 Å². The summed E-state index contributed by atoms with van der Waals surface area (Å²) in [6, 6.07) is 33.0. The van der Waals surface area contributed by atoms with Crippen LogP contribution < -0.4 is 0 Å². The molecule has 0 N–H and O–H groups in total. The van der Waals surface area contributed by atoms with Crippen molar-refractivity contribution in [2.24, 2.45) is 29.6 Å².